The molecule has 0 saturated heterocycles. The van der Waals surface area contributed by atoms with Crippen LogP contribution in [0.3, 0.4) is 0 Å². The molecule has 80 valence electrons. The third-order valence-electron chi connectivity index (χ3n) is 1.83. The molecule has 0 atom stereocenters. The van der Waals surface area contributed by atoms with Gasteiger partial charge in [0.25, 0.3) is 0 Å². The quantitative estimate of drug-likeness (QED) is 0.799. The predicted molar refractivity (Wildman–Crippen MR) is 57.5 cm³/mol. The van der Waals surface area contributed by atoms with E-state index in [1.807, 2.05) is 30.3 Å². The van der Waals surface area contributed by atoms with Gasteiger partial charge in [-0.3, -0.25) is 0 Å². The molecule has 1 aromatic carbocycles. The molecule has 4 nitrogen and oxygen atoms in total. The van der Waals surface area contributed by atoms with Gasteiger partial charge in [-0.25, -0.2) is 13.1 Å². The molecule has 0 amide bonds. The van der Waals surface area contributed by atoms with Gasteiger partial charge in [0.05, 0.1) is 6.07 Å². The molecule has 0 aliphatic heterocycles. The van der Waals surface area contributed by atoms with Crippen LogP contribution in [0.4, 0.5) is 0 Å². The molecule has 0 saturated carbocycles. The van der Waals surface area contributed by atoms with Crippen LogP contribution < -0.4 is 4.72 Å². The number of nitriles is 1. The van der Waals surface area contributed by atoms with Gasteiger partial charge in [-0.05, 0) is 12.0 Å². The highest BCUT2D eigenvalue weighted by Gasteiger charge is 2.07. The number of hydrogen-bond donors (Lipinski definition) is 1. The van der Waals surface area contributed by atoms with Crippen molar-refractivity contribution in [3.63, 3.8) is 0 Å². The summed E-state index contributed by atoms with van der Waals surface area (Å²) in [5.41, 5.74) is 1.07. The average molecular weight is 224 g/mol. The second kappa shape index (κ2) is 5.49. The molecule has 0 bridgehead atoms. The summed E-state index contributed by atoms with van der Waals surface area (Å²) in [7, 11) is -3.41. The minimum Gasteiger partial charge on any atom is -0.214 e. The third kappa shape index (κ3) is 4.58. The van der Waals surface area contributed by atoms with Gasteiger partial charge >= 0.3 is 0 Å². The fourth-order valence-electron chi connectivity index (χ4n) is 1.13. The Morgan fingerprint density at radius 2 is 1.93 bits per heavy atom. The van der Waals surface area contributed by atoms with Crippen molar-refractivity contribution in [3.8, 4) is 6.07 Å². The minimum absolute atomic E-state index is 0.327. The van der Waals surface area contributed by atoms with Gasteiger partial charge in [0.2, 0.25) is 10.0 Å². The van der Waals surface area contributed by atoms with Gasteiger partial charge in [-0.1, -0.05) is 30.3 Å². The molecule has 1 aromatic rings. The van der Waals surface area contributed by atoms with E-state index >= 15 is 0 Å². The summed E-state index contributed by atoms with van der Waals surface area (Å²) >= 11 is 0. The maximum Gasteiger partial charge on any atom is 0.225 e. The summed E-state index contributed by atoms with van der Waals surface area (Å²) in [6, 6.07) is 11.2. The maximum absolute atomic E-state index is 11.1. The Hall–Kier alpha value is -1.38. The normalized spacial score (nSPS) is 10.9. The van der Waals surface area contributed by atoms with Gasteiger partial charge in [0.15, 0.2) is 5.75 Å². The van der Waals surface area contributed by atoms with E-state index in [4.69, 9.17) is 5.26 Å². The van der Waals surface area contributed by atoms with Crippen molar-refractivity contribution in [2.45, 2.75) is 6.42 Å². The summed E-state index contributed by atoms with van der Waals surface area (Å²) < 4.78 is 24.5. The van der Waals surface area contributed by atoms with Crippen LogP contribution in [-0.4, -0.2) is 20.7 Å². The van der Waals surface area contributed by atoms with Gasteiger partial charge < -0.3 is 0 Å². The summed E-state index contributed by atoms with van der Waals surface area (Å²) in [5, 5.41) is 8.25. The van der Waals surface area contributed by atoms with Crippen molar-refractivity contribution < 1.29 is 8.42 Å². The second-order valence-corrected chi connectivity index (χ2v) is 4.85. The Bertz CT molecular complexity index is 434. The Morgan fingerprint density at radius 3 is 2.53 bits per heavy atom. The second-order valence-electron chi connectivity index (χ2n) is 3.05. The summed E-state index contributed by atoms with van der Waals surface area (Å²) in [4.78, 5) is 0. The van der Waals surface area contributed by atoms with E-state index in [1.54, 1.807) is 6.07 Å². The van der Waals surface area contributed by atoms with Crippen LogP contribution in [0.1, 0.15) is 5.56 Å². The highest BCUT2D eigenvalue weighted by Crippen LogP contribution is 1.98. The molecule has 0 aliphatic rings. The lowest BCUT2D eigenvalue weighted by Crippen LogP contribution is -2.27. The van der Waals surface area contributed by atoms with E-state index in [2.05, 4.69) is 4.72 Å². The zero-order valence-electron chi connectivity index (χ0n) is 8.18. The molecule has 1 rings (SSSR count). The first-order valence-corrected chi connectivity index (χ1v) is 6.17. The van der Waals surface area contributed by atoms with E-state index in [0.29, 0.717) is 13.0 Å². The highest BCUT2D eigenvalue weighted by atomic mass is 32.2. The molecule has 0 aromatic heterocycles. The number of sulfonamides is 1. The molecule has 1 N–H and O–H groups in total. The number of benzene rings is 1. The third-order valence-corrected chi connectivity index (χ3v) is 2.99. The van der Waals surface area contributed by atoms with Gasteiger partial charge in [0.1, 0.15) is 0 Å². The van der Waals surface area contributed by atoms with Gasteiger partial charge in [0, 0.05) is 6.54 Å². The topological polar surface area (TPSA) is 70.0 Å². The Balaban J connectivity index is 2.38. The molecular weight excluding hydrogens is 212 g/mol. The van der Waals surface area contributed by atoms with E-state index < -0.39 is 15.8 Å². The van der Waals surface area contributed by atoms with Crippen LogP contribution in [0.25, 0.3) is 0 Å². The molecular formula is C10H12N2O2S. The molecule has 0 radical (unpaired) electrons. The fourth-order valence-corrected chi connectivity index (χ4v) is 1.82. The SMILES string of the molecule is N#CCS(=O)(=O)NCCc1ccccc1. The predicted octanol–water partition coefficient (Wildman–Crippen LogP) is 0.672. The number of hydrogen-bond acceptors (Lipinski definition) is 3. The average Bonchev–Trinajstić information content (AvgIpc) is 2.19. The highest BCUT2D eigenvalue weighted by molar-refractivity contribution is 7.89. The van der Waals surface area contributed by atoms with E-state index in [1.165, 1.54) is 0 Å². The van der Waals surface area contributed by atoms with Crippen molar-refractivity contribution in [3.05, 3.63) is 35.9 Å². The van der Waals surface area contributed by atoms with Crippen molar-refractivity contribution in [2.24, 2.45) is 0 Å². The largest absolute Gasteiger partial charge is 0.225 e. The summed E-state index contributed by atoms with van der Waals surface area (Å²) in [6.07, 6.45) is 0.630. The van der Waals surface area contributed by atoms with Crippen LogP contribution >= 0.6 is 0 Å². The lowest BCUT2D eigenvalue weighted by Gasteiger charge is -2.03. The van der Waals surface area contributed by atoms with Crippen LogP contribution in [0.2, 0.25) is 0 Å². The van der Waals surface area contributed by atoms with Crippen molar-refractivity contribution in [2.75, 3.05) is 12.3 Å². The van der Waals surface area contributed by atoms with Crippen LogP contribution in [0.5, 0.6) is 0 Å². The summed E-state index contributed by atoms with van der Waals surface area (Å²) in [6.45, 7) is 0.327. The Morgan fingerprint density at radius 1 is 1.27 bits per heavy atom. The Labute approximate surface area is 89.6 Å². The molecule has 0 spiro atoms. The van der Waals surface area contributed by atoms with Crippen molar-refractivity contribution in [1.29, 1.82) is 5.26 Å². The van der Waals surface area contributed by atoms with Crippen LogP contribution in [-0.2, 0) is 16.4 Å². The van der Waals surface area contributed by atoms with Crippen molar-refractivity contribution >= 4 is 10.0 Å². The van der Waals surface area contributed by atoms with Crippen LogP contribution in [0.15, 0.2) is 30.3 Å². The molecule has 0 unspecified atom stereocenters. The smallest absolute Gasteiger partial charge is 0.214 e. The number of rotatable bonds is 5. The lowest BCUT2D eigenvalue weighted by atomic mass is 10.2. The van der Waals surface area contributed by atoms with Gasteiger partial charge in [-0.15, -0.1) is 0 Å². The number of nitrogens with one attached hydrogen (secondary N) is 1. The zero-order valence-corrected chi connectivity index (χ0v) is 9.00. The lowest BCUT2D eigenvalue weighted by molar-refractivity contribution is 0.585. The number of nitrogens with zero attached hydrogens (tertiary/aromatic N) is 1. The molecule has 0 fully saturated rings. The first kappa shape index (κ1) is 11.7. The fraction of sp³-hybridized carbons (Fsp3) is 0.300. The standard InChI is InChI=1S/C10H12N2O2S/c11-7-9-15(13,14)12-8-6-10-4-2-1-3-5-10/h1-5,12H,6,8-9H2. The maximum atomic E-state index is 11.1. The Kier molecular flexibility index (Phi) is 4.28. The minimum atomic E-state index is -3.41. The summed E-state index contributed by atoms with van der Waals surface area (Å²) in [5.74, 6) is -0.484. The van der Waals surface area contributed by atoms with E-state index in [0.717, 1.165) is 5.56 Å². The molecule has 15 heavy (non-hydrogen) atoms. The van der Waals surface area contributed by atoms with Gasteiger partial charge in [-0.2, -0.15) is 5.26 Å². The van der Waals surface area contributed by atoms with Crippen molar-refractivity contribution in [1.82, 2.24) is 4.72 Å². The first-order chi connectivity index (χ1) is 7.14. The monoisotopic (exact) mass is 224 g/mol. The molecule has 0 aliphatic carbocycles. The van der Waals surface area contributed by atoms with E-state index in [9.17, 15) is 8.42 Å². The first-order valence-electron chi connectivity index (χ1n) is 4.52. The molecule has 0 heterocycles. The van der Waals surface area contributed by atoms with E-state index in [-0.39, 0.29) is 0 Å². The van der Waals surface area contributed by atoms with Crippen LogP contribution in [0, 0.1) is 11.3 Å². The molecule has 5 heteroatoms. The zero-order chi connectivity index (χ0) is 11.1.